The molecular weight excluding hydrogens is 254 g/mol. The third-order valence-corrected chi connectivity index (χ3v) is 3.73. The Bertz CT molecular complexity index is 353. The molecule has 15 heavy (non-hydrogen) atoms. The van der Waals surface area contributed by atoms with Gasteiger partial charge in [0.15, 0.2) is 0 Å². The second-order valence-electron chi connectivity index (χ2n) is 4.27. The molecule has 0 saturated carbocycles. The Morgan fingerprint density at radius 1 is 1.53 bits per heavy atom. The van der Waals surface area contributed by atoms with Gasteiger partial charge >= 0.3 is 0 Å². The van der Waals surface area contributed by atoms with Crippen molar-refractivity contribution in [1.29, 1.82) is 0 Å². The highest BCUT2D eigenvalue weighted by atomic mass is 79.9. The third kappa shape index (κ3) is 2.34. The summed E-state index contributed by atoms with van der Waals surface area (Å²) in [6, 6.07) is 6.18. The largest absolute Gasteiger partial charge is 0.392 e. The number of hydrogen-bond donors (Lipinski definition) is 1. The fourth-order valence-corrected chi connectivity index (χ4v) is 2.52. The lowest BCUT2D eigenvalue weighted by Gasteiger charge is -2.19. The molecule has 1 heterocycles. The van der Waals surface area contributed by atoms with Crippen LogP contribution in [0, 0.1) is 5.92 Å². The first-order valence-corrected chi connectivity index (χ1v) is 6.14. The van der Waals surface area contributed by atoms with E-state index in [4.69, 9.17) is 5.11 Å². The van der Waals surface area contributed by atoms with Crippen LogP contribution in [0.25, 0.3) is 0 Å². The Morgan fingerprint density at radius 3 is 2.87 bits per heavy atom. The number of anilines is 1. The van der Waals surface area contributed by atoms with Crippen molar-refractivity contribution >= 4 is 21.6 Å². The second kappa shape index (κ2) is 4.54. The summed E-state index contributed by atoms with van der Waals surface area (Å²) in [6.07, 6.45) is 1.28. The molecule has 1 aliphatic rings. The topological polar surface area (TPSA) is 23.5 Å². The molecule has 0 aliphatic carbocycles. The molecule has 1 saturated heterocycles. The van der Waals surface area contributed by atoms with Crippen LogP contribution in [0.15, 0.2) is 22.7 Å². The molecule has 0 bridgehead atoms. The minimum atomic E-state index is 0.0945. The van der Waals surface area contributed by atoms with Crippen molar-refractivity contribution in [3.63, 3.8) is 0 Å². The van der Waals surface area contributed by atoms with Crippen molar-refractivity contribution in [3.05, 3.63) is 28.2 Å². The van der Waals surface area contributed by atoms with Gasteiger partial charge in [0, 0.05) is 23.2 Å². The number of aliphatic hydroxyl groups excluding tert-OH is 1. The number of rotatable bonds is 2. The predicted octanol–water partition coefficient (Wildman–Crippen LogP) is 2.79. The summed E-state index contributed by atoms with van der Waals surface area (Å²) < 4.78 is 1.00. The zero-order valence-corrected chi connectivity index (χ0v) is 10.5. The molecule has 1 N–H and O–H groups in total. The van der Waals surface area contributed by atoms with E-state index in [-0.39, 0.29) is 6.61 Å². The van der Waals surface area contributed by atoms with Gasteiger partial charge in [-0.1, -0.05) is 28.9 Å². The van der Waals surface area contributed by atoms with Gasteiger partial charge in [0.2, 0.25) is 0 Å². The maximum Gasteiger partial charge on any atom is 0.0692 e. The van der Waals surface area contributed by atoms with E-state index in [0.29, 0.717) is 0 Å². The van der Waals surface area contributed by atoms with Crippen molar-refractivity contribution in [3.8, 4) is 0 Å². The molecule has 1 unspecified atom stereocenters. The molecule has 0 amide bonds. The van der Waals surface area contributed by atoms with E-state index in [1.54, 1.807) is 0 Å². The van der Waals surface area contributed by atoms with Gasteiger partial charge in [-0.05, 0) is 30.0 Å². The molecule has 2 rings (SSSR count). The van der Waals surface area contributed by atoms with Gasteiger partial charge in [0.05, 0.1) is 6.61 Å². The van der Waals surface area contributed by atoms with Crippen LogP contribution in [0.2, 0.25) is 0 Å². The zero-order valence-electron chi connectivity index (χ0n) is 8.91. The van der Waals surface area contributed by atoms with Crippen LogP contribution in [-0.2, 0) is 6.61 Å². The zero-order chi connectivity index (χ0) is 10.8. The summed E-state index contributed by atoms with van der Waals surface area (Å²) in [7, 11) is 0. The monoisotopic (exact) mass is 269 g/mol. The molecule has 3 heteroatoms. The summed E-state index contributed by atoms with van der Waals surface area (Å²) in [5.41, 5.74) is 2.20. The Hall–Kier alpha value is -0.540. The Kier molecular flexibility index (Phi) is 3.32. The lowest BCUT2D eigenvalue weighted by molar-refractivity contribution is 0.281. The first-order chi connectivity index (χ1) is 7.20. The average molecular weight is 270 g/mol. The summed E-state index contributed by atoms with van der Waals surface area (Å²) in [4.78, 5) is 2.40. The highest BCUT2D eigenvalue weighted by molar-refractivity contribution is 9.10. The summed E-state index contributed by atoms with van der Waals surface area (Å²) in [6.45, 7) is 4.67. The molecule has 1 atom stereocenters. The van der Waals surface area contributed by atoms with Crippen LogP contribution in [0.4, 0.5) is 5.69 Å². The van der Waals surface area contributed by atoms with Gasteiger partial charge in [0.1, 0.15) is 0 Å². The molecule has 1 aromatic carbocycles. The van der Waals surface area contributed by atoms with Crippen LogP contribution >= 0.6 is 15.9 Å². The van der Waals surface area contributed by atoms with E-state index in [1.807, 2.05) is 6.07 Å². The average Bonchev–Trinajstić information content (AvgIpc) is 2.65. The van der Waals surface area contributed by atoms with Gasteiger partial charge in [-0.3, -0.25) is 0 Å². The van der Waals surface area contributed by atoms with E-state index in [0.717, 1.165) is 29.0 Å². The molecule has 82 valence electrons. The molecule has 1 fully saturated rings. The normalized spacial score (nSPS) is 21.0. The SMILES string of the molecule is CC1CCN(c2ccc(CO)c(Br)c2)C1. The maximum absolute atomic E-state index is 9.07. The Balaban J connectivity index is 2.19. The fraction of sp³-hybridized carbons (Fsp3) is 0.500. The number of halogens is 1. The molecule has 0 spiro atoms. The van der Waals surface area contributed by atoms with E-state index in [9.17, 15) is 0 Å². The van der Waals surface area contributed by atoms with Gasteiger partial charge in [-0.15, -0.1) is 0 Å². The number of hydrogen-bond acceptors (Lipinski definition) is 2. The lowest BCUT2D eigenvalue weighted by Crippen LogP contribution is -2.18. The highest BCUT2D eigenvalue weighted by Crippen LogP contribution is 2.28. The minimum Gasteiger partial charge on any atom is -0.392 e. The van der Waals surface area contributed by atoms with Crippen LogP contribution in [0.5, 0.6) is 0 Å². The molecule has 2 nitrogen and oxygen atoms in total. The van der Waals surface area contributed by atoms with E-state index >= 15 is 0 Å². The first kappa shape index (κ1) is 11.0. The molecular formula is C12H16BrNO. The number of nitrogens with zero attached hydrogens (tertiary/aromatic N) is 1. The molecule has 0 radical (unpaired) electrons. The van der Waals surface area contributed by atoms with Crippen LogP contribution in [0.1, 0.15) is 18.9 Å². The van der Waals surface area contributed by atoms with Crippen LogP contribution in [0.3, 0.4) is 0 Å². The maximum atomic E-state index is 9.07. The van der Waals surface area contributed by atoms with E-state index < -0.39 is 0 Å². The Labute approximate surface area is 99.0 Å². The standard InChI is InChI=1S/C12H16BrNO/c1-9-4-5-14(7-9)11-3-2-10(8-15)12(13)6-11/h2-3,6,9,15H,4-5,7-8H2,1H3. The van der Waals surface area contributed by atoms with E-state index in [2.05, 4.69) is 39.9 Å². The van der Waals surface area contributed by atoms with Crippen molar-refractivity contribution in [1.82, 2.24) is 0 Å². The predicted molar refractivity (Wildman–Crippen MR) is 66.1 cm³/mol. The quantitative estimate of drug-likeness (QED) is 0.893. The lowest BCUT2D eigenvalue weighted by atomic mass is 10.2. The van der Waals surface area contributed by atoms with Gasteiger partial charge in [-0.2, -0.15) is 0 Å². The number of benzene rings is 1. The van der Waals surface area contributed by atoms with Crippen molar-refractivity contribution in [2.24, 2.45) is 5.92 Å². The fourth-order valence-electron chi connectivity index (χ4n) is 2.03. The number of aliphatic hydroxyl groups is 1. The molecule has 0 aromatic heterocycles. The van der Waals surface area contributed by atoms with Gasteiger partial charge in [-0.25, -0.2) is 0 Å². The van der Waals surface area contributed by atoms with E-state index in [1.165, 1.54) is 12.1 Å². The smallest absolute Gasteiger partial charge is 0.0692 e. The summed E-state index contributed by atoms with van der Waals surface area (Å²) in [5, 5.41) is 9.07. The van der Waals surface area contributed by atoms with Crippen molar-refractivity contribution < 1.29 is 5.11 Å². The minimum absolute atomic E-state index is 0.0945. The summed E-state index contributed by atoms with van der Waals surface area (Å²) in [5.74, 6) is 0.793. The van der Waals surface area contributed by atoms with Crippen LogP contribution < -0.4 is 4.90 Å². The Morgan fingerprint density at radius 2 is 2.33 bits per heavy atom. The van der Waals surface area contributed by atoms with Gasteiger partial charge in [0.25, 0.3) is 0 Å². The van der Waals surface area contributed by atoms with Gasteiger partial charge < -0.3 is 10.0 Å². The first-order valence-electron chi connectivity index (χ1n) is 5.35. The highest BCUT2D eigenvalue weighted by Gasteiger charge is 2.19. The van der Waals surface area contributed by atoms with Crippen molar-refractivity contribution in [2.45, 2.75) is 20.0 Å². The summed E-state index contributed by atoms with van der Waals surface area (Å²) >= 11 is 3.48. The second-order valence-corrected chi connectivity index (χ2v) is 5.13. The molecule has 1 aromatic rings. The molecule has 1 aliphatic heterocycles. The van der Waals surface area contributed by atoms with Crippen molar-refractivity contribution in [2.75, 3.05) is 18.0 Å². The van der Waals surface area contributed by atoms with Crippen LogP contribution in [-0.4, -0.2) is 18.2 Å². The third-order valence-electron chi connectivity index (χ3n) is 3.00.